The third kappa shape index (κ3) is 3.87. The lowest BCUT2D eigenvalue weighted by Crippen LogP contribution is -2.23. The van der Waals surface area contributed by atoms with Gasteiger partial charge in [0.2, 0.25) is 5.91 Å². The van der Waals surface area contributed by atoms with E-state index >= 15 is 0 Å². The van der Waals surface area contributed by atoms with Crippen molar-refractivity contribution in [2.45, 2.75) is 26.8 Å². The minimum absolute atomic E-state index is 0.0783. The number of aryl methyl sites for hydroxylation is 1. The number of benzene rings is 2. The maximum absolute atomic E-state index is 12.5. The van der Waals surface area contributed by atoms with Crippen molar-refractivity contribution in [3.05, 3.63) is 89.9 Å². The summed E-state index contributed by atoms with van der Waals surface area (Å²) in [6, 6.07) is 19.4. The van der Waals surface area contributed by atoms with Crippen LogP contribution in [0.5, 0.6) is 0 Å². The summed E-state index contributed by atoms with van der Waals surface area (Å²) in [7, 11) is 0. The van der Waals surface area contributed by atoms with Crippen LogP contribution in [0.1, 0.15) is 39.8 Å². The van der Waals surface area contributed by atoms with Gasteiger partial charge >= 0.3 is 0 Å². The molecule has 0 aliphatic carbocycles. The van der Waals surface area contributed by atoms with Crippen LogP contribution >= 0.6 is 0 Å². The summed E-state index contributed by atoms with van der Waals surface area (Å²) in [6.45, 7) is 4.24. The van der Waals surface area contributed by atoms with E-state index in [9.17, 15) is 9.59 Å². The second-order valence-corrected chi connectivity index (χ2v) is 7.21. The van der Waals surface area contributed by atoms with Crippen LogP contribution in [-0.4, -0.2) is 21.4 Å². The number of rotatable bonds is 5. The molecule has 0 bridgehead atoms. The Morgan fingerprint density at radius 2 is 1.77 bits per heavy atom. The number of amides is 1. The topological polar surface area (TPSA) is 64.0 Å². The van der Waals surface area contributed by atoms with Gasteiger partial charge in [0, 0.05) is 42.0 Å². The number of pyridine rings is 1. The Balaban J connectivity index is 1.49. The Bertz CT molecular complexity index is 1220. The number of carbonyl (C=O) groups is 2. The molecule has 0 spiro atoms. The first-order valence-corrected chi connectivity index (χ1v) is 10.00. The number of nitrogens with one attached hydrogen (secondary N) is 1. The molecule has 2 aromatic heterocycles. The SMILES string of the molecule is CCC(=O)n1ccc2cc(-c3ccc(C(=O)NCc4cccnc4C)cc3)ccc21. The van der Waals surface area contributed by atoms with Crippen LogP contribution in [-0.2, 0) is 6.54 Å². The summed E-state index contributed by atoms with van der Waals surface area (Å²) >= 11 is 0. The van der Waals surface area contributed by atoms with Gasteiger partial charge in [-0.05, 0) is 60.0 Å². The molecule has 0 aliphatic rings. The molecular weight excluding hydrogens is 374 g/mol. The molecule has 1 N–H and O–H groups in total. The molecular formula is C25H23N3O2. The predicted octanol–water partition coefficient (Wildman–Crippen LogP) is 4.99. The summed E-state index contributed by atoms with van der Waals surface area (Å²) in [4.78, 5) is 28.8. The standard InChI is InChI=1S/C25H23N3O2/c1-3-24(29)28-14-12-21-15-20(10-11-23(21)28)18-6-8-19(9-7-18)25(30)27-16-22-5-4-13-26-17(22)2/h4-15H,3,16H2,1-2H3,(H,27,30). The average molecular weight is 397 g/mol. The highest BCUT2D eigenvalue weighted by Crippen LogP contribution is 2.26. The summed E-state index contributed by atoms with van der Waals surface area (Å²) in [5, 5.41) is 3.96. The lowest BCUT2D eigenvalue weighted by atomic mass is 10.0. The Morgan fingerprint density at radius 3 is 2.50 bits per heavy atom. The summed E-state index contributed by atoms with van der Waals surface area (Å²) in [5.41, 5.74) is 5.50. The normalized spacial score (nSPS) is 10.9. The van der Waals surface area contributed by atoms with Gasteiger partial charge in [-0.1, -0.05) is 31.2 Å². The molecule has 0 saturated carbocycles. The third-order valence-corrected chi connectivity index (χ3v) is 5.30. The van der Waals surface area contributed by atoms with E-state index in [1.165, 1.54) is 0 Å². The molecule has 1 amide bonds. The van der Waals surface area contributed by atoms with Crippen molar-refractivity contribution in [2.75, 3.05) is 0 Å². The summed E-state index contributed by atoms with van der Waals surface area (Å²) < 4.78 is 1.69. The van der Waals surface area contributed by atoms with Gasteiger partial charge < -0.3 is 5.32 Å². The Kier molecular flexibility index (Phi) is 5.44. The molecule has 0 saturated heterocycles. The Labute approximate surface area is 175 Å². The van der Waals surface area contributed by atoms with Crippen molar-refractivity contribution in [2.24, 2.45) is 0 Å². The molecule has 0 unspecified atom stereocenters. The number of aromatic nitrogens is 2. The van der Waals surface area contributed by atoms with Gasteiger partial charge in [-0.15, -0.1) is 0 Å². The van der Waals surface area contributed by atoms with E-state index in [4.69, 9.17) is 0 Å². The van der Waals surface area contributed by atoms with Gasteiger partial charge in [0.1, 0.15) is 0 Å². The van der Waals surface area contributed by atoms with Gasteiger partial charge in [0.15, 0.2) is 0 Å². The highest BCUT2D eigenvalue weighted by molar-refractivity contribution is 5.96. The first kappa shape index (κ1) is 19.6. The largest absolute Gasteiger partial charge is 0.348 e. The van der Waals surface area contributed by atoms with E-state index < -0.39 is 0 Å². The van der Waals surface area contributed by atoms with Crippen molar-refractivity contribution in [3.8, 4) is 11.1 Å². The number of carbonyl (C=O) groups excluding carboxylic acids is 2. The molecule has 0 fully saturated rings. The van der Waals surface area contributed by atoms with Crippen molar-refractivity contribution in [3.63, 3.8) is 0 Å². The fourth-order valence-corrected chi connectivity index (χ4v) is 3.51. The van der Waals surface area contributed by atoms with E-state index in [1.54, 1.807) is 10.8 Å². The second kappa shape index (κ2) is 8.33. The zero-order valence-electron chi connectivity index (χ0n) is 17.1. The predicted molar refractivity (Wildman–Crippen MR) is 118 cm³/mol. The Morgan fingerprint density at radius 1 is 1.00 bits per heavy atom. The lowest BCUT2D eigenvalue weighted by Gasteiger charge is -2.08. The maximum atomic E-state index is 12.5. The van der Waals surface area contributed by atoms with Gasteiger partial charge in [-0.3, -0.25) is 19.1 Å². The van der Waals surface area contributed by atoms with E-state index in [0.29, 0.717) is 18.5 Å². The Hall–Kier alpha value is -3.73. The molecule has 30 heavy (non-hydrogen) atoms. The molecule has 0 aliphatic heterocycles. The maximum Gasteiger partial charge on any atom is 0.251 e. The van der Waals surface area contributed by atoms with Crippen LogP contribution in [0, 0.1) is 6.92 Å². The number of nitrogens with zero attached hydrogens (tertiary/aromatic N) is 2. The summed E-state index contributed by atoms with van der Waals surface area (Å²) in [5.74, 6) is -0.0370. The number of hydrogen-bond donors (Lipinski definition) is 1. The fourth-order valence-electron chi connectivity index (χ4n) is 3.51. The van der Waals surface area contributed by atoms with Crippen LogP contribution in [0.25, 0.3) is 22.0 Å². The molecule has 4 rings (SSSR count). The second-order valence-electron chi connectivity index (χ2n) is 7.21. The zero-order valence-corrected chi connectivity index (χ0v) is 17.1. The van der Waals surface area contributed by atoms with Crippen LogP contribution in [0.15, 0.2) is 73.1 Å². The van der Waals surface area contributed by atoms with Crippen LogP contribution < -0.4 is 5.32 Å². The third-order valence-electron chi connectivity index (χ3n) is 5.30. The molecule has 0 radical (unpaired) electrons. The van der Waals surface area contributed by atoms with Gasteiger partial charge in [0.05, 0.1) is 5.52 Å². The molecule has 150 valence electrons. The van der Waals surface area contributed by atoms with E-state index in [-0.39, 0.29) is 11.8 Å². The molecule has 5 nitrogen and oxygen atoms in total. The number of hydrogen-bond acceptors (Lipinski definition) is 3. The summed E-state index contributed by atoms with van der Waals surface area (Å²) in [6.07, 6.45) is 4.03. The number of fused-ring (bicyclic) bond motifs is 1. The molecule has 4 aromatic rings. The van der Waals surface area contributed by atoms with E-state index in [0.717, 1.165) is 33.3 Å². The highest BCUT2D eigenvalue weighted by Gasteiger charge is 2.10. The molecule has 2 heterocycles. The quantitative estimate of drug-likeness (QED) is 0.516. The van der Waals surface area contributed by atoms with Crippen LogP contribution in [0.3, 0.4) is 0 Å². The molecule has 0 atom stereocenters. The lowest BCUT2D eigenvalue weighted by molar-refractivity contribution is 0.0912. The molecule has 5 heteroatoms. The smallest absolute Gasteiger partial charge is 0.251 e. The first-order chi connectivity index (χ1) is 14.6. The fraction of sp³-hybridized carbons (Fsp3) is 0.160. The van der Waals surface area contributed by atoms with E-state index in [2.05, 4.69) is 16.4 Å². The van der Waals surface area contributed by atoms with Crippen LogP contribution in [0.4, 0.5) is 0 Å². The average Bonchev–Trinajstić information content (AvgIpc) is 3.21. The minimum atomic E-state index is -0.115. The molecule has 2 aromatic carbocycles. The zero-order chi connectivity index (χ0) is 21.1. The van der Waals surface area contributed by atoms with E-state index in [1.807, 2.05) is 74.6 Å². The van der Waals surface area contributed by atoms with Crippen molar-refractivity contribution in [1.82, 2.24) is 14.9 Å². The minimum Gasteiger partial charge on any atom is -0.348 e. The van der Waals surface area contributed by atoms with Crippen molar-refractivity contribution < 1.29 is 9.59 Å². The first-order valence-electron chi connectivity index (χ1n) is 10.00. The van der Waals surface area contributed by atoms with Crippen LogP contribution in [0.2, 0.25) is 0 Å². The van der Waals surface area contributed by atoms with Crippen molar-refractivity contribution >= 4 is 22.7 Å². The highest BCUT2D eigenvalue weighted by atomic mass is 16.2. The van der Waals surface area contributed by atoms with Gasteiger partial charge in [-0.25, -0.2) is 0 Å². The monoisotopic (exact) mass is 397 g/mol. The van der Waals surface area contributed by atoms with Crippen molar-refractivity contribution in [1.29, 1.82) is 0 Å². The van der Waals surface area contributed by atoms with Gasteiger partial charge in [-0.2, -0.15) is 0 Å². The van der Waals surface area contributed by atoms with Gasteiger partial charge in [0.25, 0.3) is 5.91 Å².